The number of sulfonamides is 1. The zero-order chi connectivity index (χ0) is 18.8. The molecular formula is C15H19FN4O4S. The molecule has 136 valence electrons. The van der Waals surface area contributed by atoms with Crippen molar-refractivity contribution in [1.29, 1.82) is 0 Å². The number of amides is 1. The summed E-state index contributed by atoms with van der Waals surface area (Å²) in [6.07, 6.45) is 0.954. The number of benzene rings is 1. The quantitative estimate of drug-likeness (QED) is 0.764. The molecule has 0 saturated heterocycles. The van der Waals surface area contributed by atoms with Crippen LogP contribution in [0.25, 0.3) is 0 Å². The molecule has 0 radical (unpaired) electrons. The van der Waals surface area contributed by atoms with Crippen molar-refractivity contribution in [3.05, 3.63) is 41.8 Å². The van der Waals surface area contributed by atoms with Gasteiger partial charge in [0.1, 0.15) is 18.4 Å². The number of aromatic nitrogens is 2. The molecule has 1 heterocycles. The molecule has 1 unspecified atom stereocenters. The van der Waals surface area contributed by atoms with Crippen molar-refractivity contribution in [1.82, 2.24) is 15.0 Å². The number of likely N-dealkylation sites (N-methyl/N-ethyl adjacent to an activating group) is 1. The Bertz CT molecular complexity index is 868. The smallest absolute Gasteiger partial charge is 0.249 e. The SMILES string of the molecule is Cc1noc(C(C)N(C)C(=O)CN(c2cccc(F)c2)S(C)(=O)=O)n1. The Kier molecular flexibility index (Phi) is 5.41. The topological polar surface area (TPSA) is 96.6 Å². The van der Waals surface area contributed by atoms with Crippen LogP contribution in [0.4, 0.5) is 10.1 Å². The molecule has 0 spiro atoms. The van der Waals surface area contributed by atoms with Crippen LogP contribution in [0.1, 0.15) is 24.7 Å². The van der Waals surface area contributed by atoms with Gasteiger partial charge < -0.3 is 9.42 Å². The fourth-order valence-corrected chi connectivity index (χ4v) is 2.97. The highest BCUT2D eigenvalue weighted by atomic mass is 32.2. The van der Waals surface area contributed by atoms with Crippen LogP contribution in [-0.2, 0) is 14.8 Å². The number of rotatable bonds is 6. The summed E-state index contributed by atoms with van der Waals surface area (Å²) < 4.78 is 43.4. The Morgan fingerprint density at radius 2 is 2.08 bits per heavy atom. The van der Waals surface area contributed by atoms with Gasteiger partial charge in [0.05, 0.1) is 11.9 Å². The average Bonchev–Trinajstić information content (AvgIpc) is 2.96. The highest BCUT2D eigenvalue weighted by Crippen LogP contribution is 2.21. The predicted octanol–water partition coefficient (Wildman–Crippen LogP) is 1.50. The van der Waals surface area contributed by atoms with Gasteiger partial charge in [-0.05, 0) is 32.0 Å². The molecule has 1 atom stereocenters. The molecule has 0 aliphatic heterocycles. The molecule has 8 nitrogen and oxygen atoms in total. The molecule has 0 aliphatic carbocycles. The van der Waals surface area contributed by atoms with Crippen molar-refractivity contribution in [2.45, 2.75) is 19.9 Å². The van der Waals surface area contributed by atoms with Crippen molar-refractivity contribution in [3.8, 4) is 0 Å². The maximum Gasteiger partial charge on any atom is 0.249 e. The first-order valence-corrected chi connectivity index (χ1v) is 9.23. The molecule has 2 aromatic rings. The molecule has 1 aromatic carbocycles. The number of halogens is 1. The summed E-state index contributed by atoms with van der Waals surface area (Å²) in [5.74, 6) is -0.426. The van der Waals surface area contributed by atoms with Crippen LogP contribution >= 0.6 is 0 Å². The molecule has 25 heavy (non-hydrogen) atoms. The van der Waals surface area contributed by atoms with E-state index in [9.17, 15) is 17.6 Å². The van der Waals surface area contributed by atoms with E-state index in [1.807, 2.05) is 0 Å². The monoisotopic (exact) mass is 370 g/mol. The van der Waals surface area contributed by atoms with Crippen LogP contribution in [0.3, 0.4) is 0 Å². The lowest BCUT2D eigenvalue weighted by Gasteiger charge is -2.27. The summed E-state index contributed by atoms with van der Waals surface area (Å²) in [5.41, 5.74) is 0.0746. The van der Waals surface area contributed by atoms with Gasteiger partial charge in [-0.15, -0.1) is 0 Å². The minimum atomic E-state index is -3.78. The molecule has 1 amide bonds. The van der Waals surface area contributed by atoms with Gasteiger partial charge in [0.15, 0.2) is 5.82 Å². The molecule has 10 heteroatoms. The van der Waals surface area contributed by atoms with Gasteiger partial charge >= 0.3 is 0 Å². The summed E-state index contributed by atoms with van der Waals surface area (Å²) >= 11 is 0. The highest BCUT2D eigenvalue weighted by Gasteiger charge is 2.27. The van der Waals surface area contributed by atoms with Crippen LogP contribution < -0.4 is 4.31 Å². The Balaban J connectivity index is 2.22. The first-order valence-electron chi connectivity index (χ1n) is 7.38. The number of anilines is 1. The van der Waals surface area contributed by atoms with Gasteiger partial charge in [-0.25, -0.2) is 12.8 Å². The molecule has 1 aromatic heterocycles. The first-order chi connectivity index (χ1) is 11.6. The summed E-state index contributed by atoms with van der Waals surface area (Å²) in [4.78, 5) is 17.9. The van der Waals surface area contributed by atoms with Crippen molar-refractivity contribution in [2.75, 3.05) is 24.2 Å². The summed E-state index contributed by atoms with van der Waals surface area (Å²) in [5, 5.41) is 3.66. The average molecular weight is 370 g/mol. The van der Waals surface area contributed by atoms with Gasteiger partial charge in [0, 0.05) is 7.05 Å². The number of nitrogens with zero attached hydrogens (tertiary/aromatic N) is 4. The van der Waals surface area contributed by atoms with E-state index in [4.69, 9.17) is 4.52 Å². The zero-order valence-electron chi connectivity index (χ0n) is 14.3. The summed E-state index contributed by atoms with van der Waals surface area (Å²) in [7, 11) is -2.28. The number of aryl methyl sites for hydroxylation is 1. The Hall–Kier alpha value is -2.49. The highest BCUT2D eigenvalue weighted by molar-refractivity contribution is 7.92. The molecule has 2 rings (SSSR count). The normalized spacial score (nSPS) is 12.7. The van der Waals surface area contributed by atoms with Crippen LogP contribution in [0.2, 0.25) is 0 Å². The van der Waals surface area contributed by atoms with Crippen LogP contribution in [-0.4, -0.2) is 49.2 Å². The lowest BCUT2D eigenvalue weighted by atomic mass is 10.2. The molecule has 0 aliphatic rings. The Labute approximate surface area is 145 Å². The van der Waals surface area contributed by atoms with E-state index >= 15 is 0 Å². The summed E-state index contributed by atoms with van der Waals surface area (Å²) in [6.45, 7) is 2.85. The molecule has 0 N–H and O–H groups in total. The van der Waals surface area contributed by atoms with Gasteiger partial charge in [0.2, 0.25) is 21.8 Å². The molecular weight excluding hydrogens is 351 g/mol. The second-order valence-electron chi connectivity index (χ2n) is 5.61. The van der Waals surface area contributed by atoms with Crippen molar-refractivity contribution in [2.24, 2.45) is 0 Å². The van der Waals surface area contributed by atoms with Crippen LogP contribution in [0, 0.1) is 12.7 Å². The fourth-order valence-electron chi connectivity index (χ4n) is 2.13. The number of hydrogen-bond acceptors (Lipinski definition) is 6. The third-order valence-electron chi connectivity index (χ3n) is 3.65. The van der Waals surface area contributed by atoms with Crippen molar-refractivity contribution in [3.63, 3.8) is 0 Å². The van der Waals surface area contributed by atoms with Gasteiger partial charge in [-0.3, -0.25) is 9.10 Å². The van der Waals surface area contributed by atoms with E-state index in [1.165, 1.54) is 30.1 Å². The molecule has 0 bridgehead atoms. The number of carbonyl (C=O) groups is 1. The van der Waals surface area contributed by atoms with Crippen LogP contribution in [0.15, 0.2) is 28.8 Å². The van der Waals surface area contributed by atoms with Gasteiger partial charge in [-0.1, -0.05) is 11.2 Å². The zero-order valence-corrected chi connectivity index (χ0v) is 15.1. The maximum absolute atomic E-state index is 13.4. The van der Waals surface area contributed by atoms with Gasteiger partial charge in [0.25, 0.3) is 0 Å². The first kappa shape index (κ1) is 18.8. The summed E-state index contributed by atoms with van der Waals surface area (Å²) in [6, 6.07) is 4.50. The maximum atomic E-state index is 13.4. The molecule has 0 fully saturated rings. The number of hydrogen-bond donors (Lipinski definition) is 0. The lowest BCUT2D eigenvalue weighted by Crippen LogP contribution is -2.42. The number of carbonyl (C=O) groups excluding carboxylic acids is 1. The van der Waals surface area contributed by atoms with E-state index in [0.29, 0.717) is 5.82 Å². The largest absolute Gasteiger partial charge is 0.337 e. The Morgan fingerprint density at radius 1 is 1.40 bits per heavy atom. The van der Waals surface area contributed by atoms with E-state index in [1.54, 1.807) is 13.8 Å². The van der Waals surface area contributed by atoms with E-state index in [0.717, 1.165) is 16.6 Å². The third kappa shape index (κ3) is 4.53. The fraction of sp³-hybridized carbons (Fsp3) is 0.400. The minimum Gasteiger partial charge on any atom is -0.337 e. The third-order valence-corrected chi connectivity index (χ3v) is 4.79. The van der Waals surface area contributed by atoms with Crippen LogP contribution in [0.5, 0.6) is 0 Å². The Morgan fingerprint density at radius 3 is 2.60 bits per heavy atom. The van der Waals surface area contributed by atoms with Crippen molar-refractivity contribution >= 4 is 21.6 Å². The standard InChI is InChI=1S/C15H19FN4O4S/c1-10(15-17-11(2)18-24-15)19(3)14(21)9-20(25(4,22)23)13-7-5-6-12(16)8-13/h5-8,10H,9H2,1-4H3. The second-order valence-corrected chi connectivity index (χ2v) is 7.52. The lowest BCUT2D eigenvalue weighted by molar-refractivity contribution is -0.130. The van der Waals surface area contributed by atoms with E-state index < -0.39 is 34.3 Å². The van der Waals surface area contributed by atoms with E-state index in [-0.39, 0.29) is 11.6 Å². The second kappa shape index (κ2) is 7.18. The van der Waals surface area contributed by atoms with E-state index in [2.05, 4.69) is 10.1 Å². The minimum absolute atomic E-state index is 0.0746. The van der Waals surface area contributed by atoms with Crippen molar-refractivity contribution < 1.29 is 22.1 Å². The molecule has 0 saturated carbocycles. The predicted molar refractivity (Wildman–Crippen MR) is 88.8 cm³/mol. The van der Waals surface area contributed by atoms with Gasteiger partial charge in [-0.2, -0.15) is 4.98 Å².